The van der Waals surface area contributed by atoms with Crippen LogP contribution >= 0.6 is 0 Å². The van der Waals surface area contributed by atoms with Gasteiger partial charge in [-0.25, -0.2) is 12.7 Å². The molecule has 0 aromatic rings. The van der Waals surface area contributed by atoms with Crippen LogP contribution in [0.15, 0.2) is 0 Å². The van der Waals surface area contributed by atoms with E-state index in [0.717, 1.165) is 19.1 Å². The summed E-state index contributed by atoms with van der Waals surface area (Å²) < 4.78 is 24.7. The van der Waals surface area contributed by atoms with Crippen molar-refractivity contribution in [1.29, 1.82) is 0 Å². The Bertz CT molecular complexity index is 613. The molecule has 2 saturated heterocycles. The molecule has 23 heavy (non-hydrogen) atoms. The van der Waals surface area contributed by atoms with Gasteiger partial charge in [-0.05, 0) is 18.8 Å². The second-order valence-corrected chi connectivity index (χ2v) is 9.33. The zero-order chi connectivity index (χ0) is 16.8. The molecule has 130 valence electrons. The fraction of sp³-hybridized carbons (Fsp3) is 0.867. The number of aliphatic carboxylic acids is 1. The molecular formula is C15H24N2O5S. The highest BCUT2D eigenvalue weighted by Gasteiger charge is 2.59. The Hall–Kier alpha value is -1.15. The lowest BCUT2D eigenvalue weighted by molar-refractivity contribution is -0.149. The molecule has 0 aromatic heterocycles. The maximum absolute atomic E-state index is 12.5. The van der Waals surface area contributed by atoms with Gasteiger partial charge < -0.3 is 10.0 Å². The van der Waals surface area contributed by atoms with Gasteiger partial charge in [0, 0.05) is 38.5 Å². The number of rotatable bonds is 4. The van der Waals surface area contributed by atoms with Crippen molar-refractivity contribution in [1.82, 2.24) is 9.21 Å². The number of carbonyl (C=O) groups is 2. The average Bonchev–Trinajstić information content (AvgIpc) is 3.09. The van der Waals surface area contributed by atoms with Gasteiger partial charge >= 0.3 is 5.97 Å². The first-order valence-electron chi connectivity index (χ1n) is 8.19. The molecule has 1 amide bonds. The number of hydrogen-bond acceptors (Lipinski definition) is 4. The first-order chi connectivity index (χ1) is 10.7. The first-order valence-corrected chi connectivity index (χ1v) is 10.0. The summed E-state index contributed by atoms with van der Waals surface area (Å²) in [6, 6.07) is 0. The van der Waals surface area contributed by atoms with Gasteiger partial charge in [-0.15, -0.1) is 0 Å². The van der Waals surface area contributed by atoms with Gasteiger partial charge in [-0.1, -0.05) is 12.8 Å². The highest BCUT2D eigenvalue weighted by Crippen LogP contribution is 2.44. The van der Waals surface area contributed by atoms with Crippen molar-refractivity contribution in [2.24, 2.45) is 17.3 Å². The third-order valence-electron chi connectivity index (χ3n) is 5.76. The largest absolute Gasteiger partial charge is 0.481 e. The zero-order valence-corrected chi connectivity index (χ0v) is 14.2. The predicted octanol–water partition coefficient (Wildman–Crippen LogP) is 0.371. The standard InChI is InChI=1S/C15H24N2O5S/c1-23(21,22)17-8-12-7-16(9-15(12,10-17)14(19)20)13(18)6-11-4-2-3-5-11/h11-12H,2-10H2,1H3,(H,19,20)/t12-,15-/m1/s1. The second-order valence-electron chi connectivity index (χ2n) is 7.34. The van der Waals surface area contributed by atoms with E-state index in [9.17, 15) is 23.1 Å². The van der Waals surface area contributed by atoms with E-state index in [2.05, 4.69) is 0 Å². The quantitative estimate of drug-likeness (QED) is 0.795. The van der Waals surface area contributed by atoms with Crippen molar-refractivity contribution in [3.05, 3.63) is 0 Å². The number of hydrogen-bond donors (Lipinski definition) is 1. The Morgan fingerprint density at radius 1 is 1.17 bits per heavy atom. The Morgan fingerprint density at radius 3 is 2.35 bits per heavy atom. The molecule has 1 aliphatic carbocycles. The lowest BCUT2D eigenvalue weighted by atomic mass is 9.81. The van der Waals surface area contributed by atoms with Crippen LogP contribution in [0.25, 0.3) is 0 Å². The first kappa shape index (κ1) is 16.7. The van der Waals surface area contributed by atoms with Gasteiger partial charge in [-0.3, -0.25) is 9.59 Å². The van der Waals surface area contributed by atoms with Gasteiger partial charge in [0.1, 0.15) is 5.41 Å². The normalized spacial score (nSPS) is 32.4. The van der Waals surface area contributed by atoms with E-state index in [4.69, 9.17) is 0 Å². The highest BCUT2D eigenvalue weighted by atomic mass is 32.2. The van der Waals surface area contributed by atoms with Gasteiger partial charge in [0.15, 0.2) is 0 Å². The van der Waals surface area contributed by atoms with Crippen LogP contribution in [-0.4, -0.2) is 67.0 Å². The van der Waals surface area contributed by atoms with E-state index in [-0.39, 0.29) is 31.5 Å². The van der Waals surface area contributed by atoms with Crippen LogP contribution in [0.1, 0.15) is 32.1 Å². The summed E-state index contributed by atoms with van der Waals surface area (Å²) in [5, 5.41) is 9.68. The number of fused-ring (bicyclic) bond motifs is 1. The van der Waals surface area contributed by atoms with E-state index in [0.29, 0.717) is 18.9 Å². The average molecular weight is 344 g/mol. The van der Waals surface area contributed by atoms with E-state index in [1.54, 1.807) is 4.90 Å². The lowest BCUT2D eigenvalue weighted by Gasteiger charge is -2.25. The number of amides is 1. The molecule has 0 aromatic carbocycles. The fourth-order valence-electron chi connectivity index (χ4n) is 4.35. The molecule has 7 nitrogen and oxygen atoms in total. The Labute approximate surface area is 136 Å². The summed E-state index contributed by atoms with van der Waals surface area (Å²) in [7, 11) is -3.41. The SMILES string of the molecule is CS(=O)(=O)N1C[C@H]2CN(C(=O)CC3CCCC3)C[C@@]2(C(=O)O)C1. The minimum atomic E-state index is -3.41. The van der Waals surface area contributed by atoms with Crippen molar-refractivity contribution < 1.29 is 23.1 Å². The predicted molar refractivity (Wildman–Crippen MR) is 83.1 cm³/mol. The summed E-state index contributed by atoms with van der Waals surface area (Å²) >= 11 is 0. The van der Waals surface area contributed by atoms with Crippen molar-refractivity contribution in [2.45, 2.75) is 32.1 Å². The van der Waals surface area contributed by atoms with E-state index < -0.39 is 21.4 Å². The van der Waals surface area contributed by atoms with Crippen LogP contribution in [0.4, 0.5) is 0 Å². The molecule has 3 fully saturated rings. The lowest BCUT2D eigenvalue weighted by Crippen LogP contribution is -2.43. The number of nitrogens with zero attached hydrogens (tertiary/aromatic N) is 2. The summed E-state index contributed by atoms with van der Waals surface area (Å²) in [5.41, 5.74) is -1.14. The van der Waals surface area contributed by atoms with Crippen LogP contribution in [0.2, 0.25) is 0 Å². The second kappa shape index (κ2) is 5.73. The number of carbonyl (C=O) groups excluding carboxylic acids is 1. The molecule has 1 saturated carbocycles. The van der Waals surface area contributed by atoms with Crippen LogP contribution in [0.3, 0.4) is 0 Å². The molecular weight excluding hydrogens is 320 g/mol. The summed E-state index contributed by atoms with van der Waals surface area (Å²) in [6.07, 6.45) is 6.10. The number of sulfonamides is 1. The molecule has 0 unspecified atom stereocenters. The smallest absolute Gasteiger partial charge is 0.313 e. The van der Waals surface area contributed by atoms with Crippen molar-refractivity contribution in [3.63, 3.8) is 0 Å². The minimum absolute atomic E-state index is 0.0258. The summed E-state index contributed by atoms with van der Waals surface area (Å²) in [6.45, 7) is 0.645. The fourth-order valence-corrected chi connectivity index (χ4v) is 5.27. The number of carboxylic acids is 1. The van der Waals surface area contributed by atoms with Crippen molar-refractivity contribution in [3.8, 4) is 0 Å². The van der Waals surface area contributed by atoms with Crippen LogP contribution in [0.5, 0.6) is 0 Å². The Kier molecular flexibility index (Phi) is 4.16. The topological polar surface area (TPSA) is 95.0 Å². The monoisotopic (exact) mass is 344 g/mol. The summed E-state index contributed by atoms with van der Waals surface area (Å²) in [5.74, 6) is -0.860. The van der Waals surface area contributed by atoms with E-state index in [1.807, 2.05) is 0 Å². The maximum Gasteiger partial charge on any atom is 0.313 e. The van der Waals surface area contributed by atoms with Crippen LogP contribution < -0.4 is 0 Å². The third kappa shape index (κ3) is 2.98. The minimum Gasteiger partial charge on any atom is -0.481 e. The molecule has 1 N–H and O–H groups in total. The van der Waals surface area contributed by atoms with E-state index in [1.165, 1.54) is 17.1 Å². The van der Waals surface area contributed by atoms with Crippen LogP contribution in [-0.2, 0) is 19.6 Å². The molecule has 0 spiro atoms. The zero-order valence-electron chi connectivity index (χ0n) is 13.4. The molecule has 3 aliphatic rings. The van der Waals surface area contributed by atoms with Gasteiger partial charge in [-0.2, -0.15) is 0 Å². The number of carboxylic acid groups (broad SMARTS) is 1. The maximum atomic E-state index is 12.5. The van der Waals surface area contributed by atoms with Crippen molar-refractivity contribution >= 4 is 21.9 Å². The molecule has 0 bridgehead atoms. The van der Waals surface area contributed by atoms with Crippen LogP contribution in [0, 0.1) is 17.3 Å². The molecule has 2 atom stereocenters. The Balaban J connectivity index is 1.71. The van der Waals surface area contributed by atoms with Gasteiger partial charge in [0.2, 0.25) is 15.9 Å². The highest BCUT2D eigenvalue weighted by molar-refractivity contribution is 7.88. The summed E-state index contributed by atoms with van der Waals surface area (Å²) in [4.78, 5) is 26.0. The third-order valence-corrected chi connectivity index (χ3v) is 6.98. The van der Waals surface area contributed by atoms with Gasteiger partial charge in [0.05, 0.1) is 6.26 Å². The van der Waals surface area contributed by atoms with Crippen molar-refractivity contribution in [2.75, 3.05) is 32.4 Å². The molecule has 2 aliphatic heterocycles. The molecule has 0 radical (unpaired) electrons. The number of likely N-dealkylation sites (tertiary alicyclic amines) is 1. The Morgan fingerprint density at radius 2 is 1.83 bits per heavy atom. The molecule has 3 rings (SSSR count). The molecule has 8 heteroatoms. The van der Waals surface area contributed by atoms with E-state index >= 15 is 0 Å². The molecule has 2 heterocycles. The van der Waals surface area contributed by atoms with Gasteiger partial charge in [0.25, 0.3) is 0 Å².